The molecule has 0 radical (unpaired) electrons. The molecule has 9 heteroatoms. The summed E-state index contributed by atoms with van der Waals surface area (Å²) in [5.74, 6) is 3.37. The number of fused-ring (bicyclic) bond motifs is 7. The normalized spacial score (nSPS) is 43.4. The van der Waals surface area contributed by atoms with Crippen molar-refractivity contribution in [1.29, 1.82) is 0 Å². The molecule has 1 heterocycles. The van der Waals surface area contributed by atoms with Crippen LogP contribution >= 0.6 is 0 Å². The molecule has 10 unspecified atom stereocenters. The summed E-state index contributed by atoms with van der Waals surface area (Å²) in [6, 6.07) is 0. The van der Waals surface area contributed by atoms with Gasteiger partial charge in [0.1, 0.15) is 6.10 Å². The van der Waals surface area contributed by atoms with Gasteiger partial charge in [0.25, 0.3) is 0 Å². The van der Waals surface area contributed by atoms with Gasteiger partial charge in [0.05, 0.1) is 24.3 Å². The molecule has 5 saturated carbocycles. The Labute approximate surface area is 310 Å². The van der Waals surface area contributed by atoms with Crippen LogP contribution in [0.3, 0.4) is 0 Å². The third kappa shape index (κ3) is 6.87. The second-order valence-electron chi connectivity index (χ2n) is 21.0. The highest BCUT2D eigenvalue weighted by atomic mass is 32.2. The number of carbonyl (C=O) groups is 2. The molecule has 0 aromatic rings. The van der Waals surface area contributed by atoms with E-state index in [9.17, 15) is 23.1 Å². The van der Waals surface area contributed by atoms with Crippen LogP contribution in [0.4, 0.5) is 0 Å². The van der Waals surface area contributed by atoms with Gasteiger partial charge in [-0.3, -0.25) is 9.59 Å². The second kappa shape index (κ2) is 13.5. The van der Waals surface area contributed by atoms with Gasteiger partial charge in [-0.05, 0) is 121 Å². The van der Waals surface area contributed by atoms with Crippen molar-refractivity contribution in [2.45, 2.75) is 151 Å². The highest BCUT2D eigenvalue weighted by molar-refractivity contribution is 7.91. The summed E-state index contributed by atoms with van der Waals surface area (Å²) in [7, 11) is -2.86. The molecule has 1 aliphatic heterocycles. The van der Waals surface area contributed by atoms with Crippen LogP contribution in [0.25, 0.3) is 0 Å². The van der Waals surface area contributed by atoms with Gasteiger partial charge >= 0.3 is 11.9 Å². The summed E-state index contributed by atoms with van der Waals surface area (Å²) in [6.45, 7) is 24.5. The van der Waals surface area contributed by atoms with Crippen molar-refractivity contribution < 1.29 is 27.9 Å². The van der Waals surface area contributed by atoms with Gasteiger partial charge in [-0.25, -0.2) is 8.42 Å². The number of esters is 1. The lowest BCUT2D eigenvalue weighted by Crippen LogP contribution is -2.69. The Morgan fingerprint density at radius 2 is 1.55 bits per heavy atom. The fourth-order valence-electron chi connectivity index (χ4n) is 14.4. The number of carbonyl (C=O) groups excluding carboxylic acids is 1. The number of carboxylic acids is 1. The van der Waals surface area contributed by atoms with E-state index >= 15 is 0 Å². The molecule has 8 nitrogen and oxygen atoms in total. The predicted molar refractivity (Wildman–Crippen MR) is 203 cm³/mol. The average Bonchev–Trinajstić information content (AvgIpc) is 3.39. The van der Waals surface area contributed by atoms with Gasteiger partial charge < -0.3 is 20.1 Å². The number of nitrogens with zero attached hydrogens (tertiary/aromatic N) is 1. The van der Waals surface area contributed by atoms with Crippen molar-refractivity contribution in [2.75, 3.05) is 37.7 Å². The molecule has 0 spiro atoms. The summed E-state index contributed by atoms with van der Waals surface area (Å²) in [5.41, 5.74) is 0.151. The lowest BCUT2D eigenvalue weighted by Gasteiger charge is -2.73. The zero-order valence-electron chi connectivity index (χ0n) is 33.6. The summed E-state index contributed by atoms with van der Waals surface area (Å²) in [4.78, 5) is 27.0. The zero-order valence-corrected chi connectivity index (χ0v) is 34.4. The summed E-state index contributed by atoms with van der Waals surface area (Å²) in [5, 5.41) is 13.6. The van der Waals surface area contributed by atoms with Crippen LogP contribution in [0.1, 0.15) is 139 Å². The van der Waals surface area contributed by atoms with E-state index < -0.39 is 21.2 Å². The molecule has 0 aromatic heterocycles. The number of nitrogens with one attached hydrogen (secondary N) is 1. The highest BCUT2D eigenvalue weighted by Crippen LogP contribution is 2.76. The first kappa shape index (κ1) is 39.5. The van der Waals surface area contributed by atoms with Crippen molar-refractivity contribution in [3.63, 3.8) is 0 Å². The fourth-order valence-corrected chi connectivity index (χ4v) is 15.7. The first-order valence-corrected chi connectivity index (χ1v) is 22.5. The van der Waals surface area contributed by atoms with Crippen molar-refractivity contribution in [3.05, 3.63) is 0 Å². The van der Waals surface area contributed by atoms with Gasteiger partial charge in [0.2, 0.25) is 0 Å². The molecular formula is C42H72N2O6S. The van der Waals surface area contributed by atoms with Crippen molar-refractivity contribution in [2.24, 2.45) is 62.6 Å². The number of hydrogen-bond acceptors (Lipinski definition) is 7. The third-order valence-electron chi connectivity index (χ3n) is 17.1. The van der Waals surface area contributed by atoms with Crippen molar-refractivity contribution >= 4 is 21.8 Å². The van der Waals surface area contributed by atoms with E-state index in [0.717, 1.165) is 31.8 Å². The van der Waals surface area contributed by atoms with Crippen molar-refractivity contribution in [3.8, 4) is 0 Å². The molecule has 0 bridgehead atoms. The zero-order chi connectivity index (χ0) is 37.4. The number of carboxylic acid groups (broad SMARTS) is 1. The highest BCUT2D eigenvalue weighted by Gasteiger charge is 2.71. The van der Waals surface area contributed by atoms with E-state index in [4.69, 9.17) is 4.74 Å². The Bertz CT molecular complexity index is 1430. The molecule has 0 aromatic carbocycles. The monoisotopic (exact) mass is 733 g/mol. The maximum atomic E-state index is 13.2. The molecule has 10 atom stereocenters. The van der Waals surface area contributed by atoms with E-state index in [0.29, 0.717) is 54.2 Å². The van der Waals surface area contributed by atoms with Gasteiger partial charge in [0.15, 0.2) is 9.84 Å². The number of hydrogen-bond donors (Lipinski definition) is 2. The topological polar surface area (TPSA) is 113 Å². The minimum absolute atomic E-state index is 0.0420. The van der Waals surface area contributed by atoms with Crippen LogP contribution in [0.5, 0.6) is 0 Å². The fraction of sp³-hybridized carbons (Fsp3) is 0.952. The van der Waals surface area contributed by atoms with E-state index in [-0.39, 0.29) is 52.1 Å². The maximum absolute atomic E-state index is 13.2. The van der Waals surface area contributed by atoms with Gasteiger partial charge in [-0.2, -0.15) is 0 Å². The smallest absolute Gasteiger partial charge is 0.306 e. The number of rotatable bonds is 10. The number of sulfone groups is 1. The molecule has 1 saturated heterocycles. The number of ether oxygens (including phenoxy) is 1. The lowest BCUT2D eigenvalue weighted by molar-refractivity contribution is -0.247. The van der Waals surface area contributed by atoms with E-state index in [2.05, 4.69) is 58.7 Å². The van der Waals surface area contributed by atoms with E-state index in [1.807, 2.05) is 13.8 Å². The molecule has 2 N–H and O–H groups in total. The van der Waals surface area contributed by atoms with E-state index in [1.165, 1.54) is 51.4 Å². The minimum atomic E-state index is -2.86. The quantitative estimate of drug-likeness (QED) is 0.221. The molecule has 6 rings (SSSR count). The first-order valence-electron chi connectivity index (χ1n) is 20.7. The molecule has 6 aliphatic rings. The van der Waals surface area contributed by atoms with Crippen LogP contribution in [0.15, 0.2) is 0 Å². The Morgan fingerprint density at radius 1 is 0.863 bits per heavy atom. The molecule has 51 heavy (non-hydrogen) atoms. The van der Waals surface area contributed by atoms with Crippen LogP contribution in [0.2, 0.25) is 0 Å². The molecule has 292 valence electrons. The van der Waals surface area contributed by atoms with Crippen LogP contribution in [-0.2, 0) is 24.2 Å². The molecular weight excluding hydrogens is 661 g/mol. The maximum Gasteiger partial charge on any atom is 0.306 e. The second-order valence-corrected chi connectivity index (χ2v) is 23.3. The Kier molecular flexibility index (Phi) is 10.5. The van der Waals surface area contributed by atoms with Crippen LogP contribution in [0, 0.1) is 62.6 Å². The molecule has 0 amide bonds. The Hall–Kier alpha value is -1.19. The largest absolute Gasteiger partial charge is 0.481 e. The summed E-state index contributed by atoms with van der Waals surface area (Å²) in [6.07, 6.45) is 12.0. The van der Waals surface area contributed by atoms with Gasteiger partial charge in [-0.15, -0.1) is 0 Å². The molecule has 5 aliphatic carbocycles. The van der Waals surface area contributed by atoms with Gasteiger partial charge in [-0.1, -0.05) is 62.3 Å². The minimum Gasteiger partial charge on any atom is -0.481 e. The average molecular weight is 733 g/mol. The Balaban J connectivity index is 1.19. The Morgan fingerprint density at radius 3 is 2.20 bits per heavy atom. The predicted octanol–water partition coefficient (Wildman–Crippen LogP) is 7.60. The lowest BCUT2D eigenvalue weighted by atomic mass is 9.32. The van der Waals surface area contributed by atoms with E-state index in [1.54, 1.807) is 0 Å². The number of aliphatic carboxylic acids is 1. The van der Waals surface area contributed by atoms with Gasteiger partial charge in [0, 0.05) is 37.1 Å². The third-order valence-corrected chi connectivity index (χ3v) is 18.8. The van der Waals surface area contributed by atoms with Crippen molar-refractivity contribution in [1.82, 2.24) is 10.2 Å². The molecule has 6 fully saturated rings. The summed E-state index contributed by atoms with van der Waals surface area (Å²) < 4.78 is 30.4. The SMILES string of the molecule is CC(C)C1CCC2(NCCN3CCS(=O)(=O)CC3)CCC3(C)C(CCC4C5(C)CCC(OC(=O)CC(C)(C)CC(=O)O)C(C)(C)C5CCC43C)C12. The summed E-state index contributed by atoms with van der Waals surface area (Å²) >= 11 is 0. The van der Waals surface area contributed by atoms with Crippen LogP contribution < -0.4 is 5.32 Å². The first-order chi connectivity index (χ1) is 23.6. The standard InChI is InChI=1S/C42H72N2O6S/c1-28(2)29-12-17-42(43-20-21-44-22-24-51(48,49)25-23-44)19-18-40(8)30(36(29)42)10-11-32-39(7)15-14-33(38(5,6)31(39)13-16-41(32,40)9)50-35(47)27-37(3,4)26-34(45)46/h28-33,36,43H,10-27H2,1-9H3,(H,45,46). The van der Waals surface area contributed by atoms with Crippen LogP contribution in [-0.4, -0.2) is 79.7 Å².